The molecule has 0 unspecified atom stereocenters. The average molecular weight is 493 g/mol. The summed E-state index contributed by atoms with van der Waals surface area (Å²) >= 11 is 0. The highest BCUT2D eigenvalue weighted by molar-refractivity contribution is 5.61. The van der Waals surface area contributed by atoms with E-state index in [0.29, 0.717) is 0 Å². The van der Waals surface area contributed by atoms with Gasteiger partial charge in [-0.15, -0.1) is 0 Å². The van der Waals surface area contributed by atoms with Crippen molar-refractivity contribution in [1.29, 1.82) is 0 Å². The number of rotatable bonds is 9. The molecule has 0 aliphatic heterocycles. The lowest BCUT2D eigenvalue weighted by Crippen LogP contribution is -2.23. The van der Waals surface area contributed by atoms with Gasteiger partial charge in [0.2, 0.25) is 0 Å². The van der Waals surface area contributed by atoms with Crippen molar-refractivity contribution < 1.29 is 0 Å². The number of allylic oxidation sites excluding steroid dienone is 3. The normalized spacial score (nSPS) is 12.0. The molecule has 0 heterocycles. The number of benzene rings is 3. The van der Waals surface area contributed by atoms with Crippen LogP contribution in [0.2, 0.25) is 0 Å². The van der Waals surface area contributed by atoms with Crippen LogP contribution in [0.5, 0.6) is 0 Å². The minimum absolute atomic E-state index is 0.113. The summed E-state index contributed by atoms with van der Waals surface area (Å²) in [5.74, 6) is 0. The molecule has 2 heteroatoms. The molecule has 194 valence electrons. The maximum absolute atomic E-state index is 4.16. The number of hydrogen-bond donors (Lipinski definition) is 0. The highest BCUT2D eigenvalue weighted by atomic mass is 15.1. The molecule has 0 saturated heterocycles. The summed E-state index contributed by atoms with van der Waals surface area (Å²) in [5, 5.41) is 0. The van der Waals surface area contributed by atoms with E-state index in [-0.39, 0.29) is 10.8 Å². The van der Waals surface area contributed by atoms with E-state index in [1.807, 2.05) is 19.2 Å². The molecular formula is C35H44N2. The van der Waals surface area contributed by atoms with Crippen LogP contribution < -0.4 is 9.80 Å². The first-order valence-electron chi connectivity index (χ1n) is 13.0. The highest BCUT2D eigenvalue weighted by Gasteiger charge is 2.28. The molecule has 0 radical (unpaired) electrons. The van der Waals surface area contributed by atoms with E-state index < -0.39 is 0 Å². The molecule has 3 aromatic carbocycles. The fraction of sp³-hybridized carbons (Fsp3) is 0.314. The molecular weight excluding hydrogens is 448 g/mol. The van der Waals surface area contributed by atoms with E-state index in [4.69, 9.17) is 0 Å². The summed E-state index contributed by atoms with van der Waals surface area (Å²) < 4.78 is 0. The van der Waals surface area contributed by atoms with Gasteiger partial charge in [0.15, 0.2) is 0 Å². The second-order valence-corrected chi connectivity index (χ2v) is 11.4. The van der Waals surface area contributed by atoms with Gasteiger partial charge in [-0.3, -0.25) is 0 Å². The van der Waals surface area contributed by atoms with Gasteiger partial charge in [0.1, 0.15) is 0 Å². The van der Waals surface area contributed by atoms with Gasteiger partial charge in [0.25, 0.3) is 0 Å². The highest BCUT2D eigenvalue weighted by Crippen LogP contribution is 2.39. The van der Waals surface area contributed by atoms with Crippen LogP contribution in [-0.2, 0) is 10.8 Å². The van der Waals surface area contributed by atoms with Crippen molar-refractivity contribution in [2.75, 3.05) is 30.9 Å². The van der Waals surface area contributed by atoms with Crippen molar-refractivity contribution >= 4 is 11.4 Å². The summed E-state index contributed by atoms with van der Waals surface area (Å²) in [6, 6.07) is 22.7. The summed E-state index contributed by atoms with van der Waals surface area (Å²) in [5.41, 5.74) is 11.0. The van der Waals surface area contributed by atoms with E-state index in [1.54, 1.807) is 6.08 Å². The minimum Gasteiger partial charge on any atom is -0.377 e. The van der Waals surface area contributed by atoms with Crippen LogP contribution in [0, 0.1) is 13.8 Å². The van der Waals surface area contributed by atoms with Gasteiger partial charge in [-0.25, -0.2) is 0 Å². The van der Waals surface area contributed by atoms with E-state index in [2.05, 4.69) is 139 Å². The zero-order chi connectivity index (χ0) is 27.5. The fourth-order valence-electron chi connectivity index (χ4n) is 5.21. The van der Waals surface area contributed by atoms with E-state index in [9.17, 15) is 0 Å². The predicted molar refractivity (Wildman–Crippen MR) is 164 cm³/mol. The predicted octanol–water partition coefficient (Wildman–Crippen LogP) is 8.71. The van der Waals surface area contributed by atoms with Crippen molar-refractivity contribution in [1.82, 2.24) is 0 Å². The molecule has 0 bridgehead atoms. The topological polar surface area (TPSA) is 6.48 Å². The monoisotopic (exact) mass is 492 g/mol. The van der Waals surface area contributed by atoms with Crippen LogP contribution in [0.25, 0.3) is 0 Å². The van der Waals surface area contributed by atoms with Gasteiger partial charge in [0, 0.05) is 49.0 Å². The Morgan fingerprint density at radius 3 is 1.73 bits per heavy atom. The Kier molecular flexibility index (Phi) is 8.22. The smallest absolute Gasteiger partial charge is 0.0420 e. The Labute approximate surface area is 225 Å². The number of aryl methyl sites for hydroxylation is 2. The molecule has 2 nitrogen and oxygen atoms in total. The molecule has 0 fully saturated rings. The second-order valence-electron chi connectivity index (χ2n) is 11.4. The summed E-state index contributed by atoms with van der Waals surface area (Å²) in [4.78, 5) is 4.30. The Bertz CT molecular complexity index is 1280. The molecule has 0 aliphatic carbocycles. The van der Waals surface area contributed by atoms with Crippen LogP contribution in [0.15, 0.2) is 97.7 Å². The van der Waals surface area contributed by atoms with Gasteiger partial charge in [-0.1, -0.05) is 102 Å². The van der Waals surface area contributed by atoms with Crippen LogP contribution in [0.3, 0.4) is 0 Å². The van der Waals surface area contributed by atoms with Gasteiger partial charge in [-0.2, -0.15) is 0 Å². The third-order valence-corrected chi connectivity index (χ3v) is 7.80. The lowest BCUT2D eigenvalue weighted by molar-refractivity contribution is 0.617. The third kappa shape index (κ3) is 5.74. The second kappa shape index (κ2) is 10.8. The lowest BCUT2D eigenvalue weighted by Gasteiger charge is -2.32. The summed E-state index contributed by atoms with van der Waals surface area (Å²) in [7, 11) is 6.27. The average Bonchev–Trinajstić information content (AvgIpc) is 2.86. The van der Waals surface area contributed by atoms with Crippen LogP contribution in [-0.4, -0.2) is 21.1 Å². The fourth-order valence-corrected chi connectivity index (χ4v) is 5.21. The van der Waals surface area contributed by atoms with E-state index in [1.165, 1.54) is 39.1 Å². The van der Waals surface area contributed by atoms with Gasteiger partial charge >= 0.3 is 0 Å². The molecule has 0 atom stereocenters. The standard InChI is InChI=1S/C35H44N2/c1-12-13-15-27(4)37(11)32-20-18-28(19-21-32)34(5,6)29-16-14-17-30(24-29)35(7,8)31-22-25(2)33(36(9)10)26(3)23-31/h12-24H,1,4H2,2-3,5-11H3/b15-13-. The van der Waals surface area contributed by atoms with Crippen LogP contribution in [0.4, 0.5) is 11.4 Å². The van der Waals surface area contributed by atoms with Crippen molar-refractivity contribution in [2.45, 2.75) is 52.4 Å². The molecule has 0 amide bonds. The van der Waals surface area contributed by atoms with Gasteiger partial charge in [0.05, 0.1) is 0 Å². The molecule has 3 rings (SSSR count). The largest absolute Gasteiger partial charge is 0.377 e. The molecule has 0 aliphatic rings. The first-order chi connectivity index (χ1) is 17.3. The first-order valence-corrected chi connectivity index (χ1v) is 13.0. The van der Waals surface area contributed by atoms with Crippen molar-refractivity contribution in [3.63, 3.8) is 0 Å². The molecule has 0 N–H and O–H groups in total. The Balaban J connectivity index is 1.95. The summed E-state index contributed by atoms with van der Waals surface area (Å²) in [6.45, 7) is 21.6. The number of hydrogen-bond acceptors (Lipinski definition) is 2. The Hall–Kier alpha value is -3.52. The first kappa shape index (κ1) is 28.1. The number of anilines is 2. The molecule has 0 saturated carbocycles. The SMILES string of the molecule is C=C/C=C\C(=C)N(C)c1ccc(C(C)(C)c2cccc(C(C)(C)c3cc(C)c(N(C)C)c(C)c3)c2)cc1. The van der Waals surface area contributed by atoms with Crippen molar-refractivity contribution in [3.8, 4) is 0 Å². The zero-order valence-electron chi connectivity index (χ0n) is 24.3. The van der Waals surface area contributed by atoms with Crippen molar-refractivity contribution in [3.05, 3.63) is 131 Å². The molecule has 0 spiro atoms. The van der Waals surface area contributed by atoms with Crippen LogP contribution in [0.1, 0.15) is 61.1 Å². The van der Waals surface area contributed by atoms with Crippen LogP contribution >= 0.6 is 0 Å². The molecule has 0 aromatic heterocycles. The summed E-state index contributed by atoms with van der Waals surface area (Å²) in [6.07, 6.45) is 5.64. The van der Waals surface area contributed by atoms with E-state index >= 15 is 0 Å². The number of nitrogens with zero attached hydrogens (tertiary/aromatic N) is 2. The minimum atomic E-state index is -0.135. The maximum Gasteiger partial charge on any atom is 0.0420 e. The quantitative estimate of drug-likeness (QED) is 0.276. The Morgan fingerprint density at radius 1 is 0.730 bits per heavy atom. The molecule has 37 heavy (non-hydrogen) atoms. The zero-order valence-corrected chi connectivity index (χ0v) is 24.3. The third-order valence-electron chi connectivity index (χ3n) is 7.80. The van der Waals surface area contributed by atoms with Gasteiger partial charge in [-0.05, 0) is 65.4 Å². The maximum atomic E-state index is 4.16. The molecule has 3 aromatic rings. The van der Waals surface area contributed by atoms with Crippen molar-refractivity contribution in [2.24, 2.45) is 0 Å². The lowest BCUT2D eigenvalue weighted by atomic mass is 9.73. The Morgan fingerprint density at radius 2 is 1.24 bits per heavy atom. The number of likely N-dealkylation sites (N-methyl/N-ethyl adjacent to an activating group) is 1. The van der Waals surface area contributed by atoms with Gasteiger partial charge < -0.3 is 9.80 Å². The van der Waals surface area contributed by atoms with E-state index in [0.717, 1.165) is 11.4 Å².